The summed E-state index contributed by atoms with van der Waals surface area (Å²) < 4.78 is 34.1. The molecule has 9 nitrogen and oxygen atoms in total. The van der Waals surface area contributed by atoms with Gasteiger partial charge in [0.2, 0.25) is 21.9 Å². The number of pyridine rings is 1. The van der Waals surface area contributed by atoms with E-state index >= 15 is 0 Å². The van der Waals surface area contributed by atoms with Gasteiger partial charge in [-0.25, -0.2) is 23.4 Å². The normalized spacial score (nSPS) is 15.7. The quantitative estimate of drug-likeness (QED) is 0.234. The van der Waals surface area contributed by atoms with Crippen molar-refractivity contribution in [3.63, 3.8) is 0 Å². The first-order chi connectivity index (χ1) is 18.8. The average Bonchev–Trinajstić information content (AvgIpc) is 2.91. The lowest BCUT2D eigenvalue weighted by Gasteiger charge is -2.23. The predicted octanol–water partition coefficient (Wildman–Crippen LogP) is 5.76. The van der Waals surface area contributed by atoms with Crippen molar-refractivity contribution in [3.05, 3.63) is 65.4 Å². The van der Waals surface area contributed by atoms with Crippen LogP contribution in [0, 0.1) is 6.92 Å². The number of piperidine rings is 1. The monoisotopic (exact) mass is 566 g/mol. The van der Waals surface area contributed by atoms with Crippen molar-refractivity contribution in [3.8, 4) is 22.9 Å². The number of fused-ring (bicyclic) bond motifs is 1. The summed E-state index contributed by atoms with van der Waals surface area (Å²) in [7, 11) is -3.46. The highest BCUT2D eigenvalue weighted by Crippen LogP contribution is 2.39. The Morgan fingerprint density at radius 1 is 1.15 bits per heavy atom. The number of hydrogen-bond acceptors (Lipinski definition) is 8. The molecule has 11 heteroatoms. The number of aryl methyl sites for hydroxylation is 1. The SMILES string of the molecule is CCCS(=O)(=O)Nc1cccc2c(Oc3ncc(Cl)cc3-c3ccnc(N[C@H]4CCCNC4)n3)c(C)ccc12. The molecule has 1 aliphatic rings. The minimum Gasteiger partial charge on any atom is -0.437 e. The number of anilines is 2. The van der Waals surface area contributed by atoms with E-state index in [0.29, 0.717) is 46.0 Å². The van der Waals surface area contributed by atoms with Crippen LogP contribution < -0.4 is 20.1 Å². The molecule has 0 radical (unpaired) electrons. The maximum Gasteiger partial charge on any atom is 0.232 e. The molecule has 1 atom stereocenters. The third-order valence-corrected chi connectivity index (χ3v) is 8.21. The lowest BCUT2D eigenvalue weighted by Crippen LogP contribution is -2.38. The fraction of sp³-hybridized carbons (Fsp3) is 0.321. The highest BCUT2D eigenvalue weighted by atomic mass is 35.5. The number of rotatable bonds is 9. The van der Waals surface area contributed by atoms with Gasteiger partial charge >= 0.3 is 0 Å². The van der Waals surface area contributed by atoms with Crippen LogP contribution in [-0.2, 0) is 10.0 Å². The first kappa shape index (κ1) is 27.1. The van der Waals surface area contributed by atoms with E-state index in [9.17, 15) is 8.42 Å². The van der Waals surface area contributed by atoms with E-state index in [1.807, 2.05) is 32.0 Å². The number of aromatic nitrogens is 3. The number of ether oxygens (including phenoxy) is 1. The van der Waals surface area contributed by atoms with Crippen molar-refractivity contribution >= 4 is 44.0 Å². The summed E-state index contributed by atoms with van der Waals surface area (Å²) in [5, 5.41) is 8.72. The van der Waals surface area contributed by atoms with Crippen LogP contribution in [0.15, 0.2) is 54.9 Å². The van der Waals surface area contributed by atoms with Gasteiger partial charge in [-0.05, 0) is 56.5 Å². The van der Waals surface area contributed by atoms with Crippen molar-refractivity contribution < 1.29 is 13.2 Å². The van der Waals surface area contributed by atoms with Gasteiger partial charge in [-0.2, -0.15) is 0 Å². The maximum absolute atomic E-state index is 12.5. The second-order valence-corrected chi connectivity index (χ2v) is 11.9. The molecule has 3 heterocycles. The summed E-state index contributed by atoms with van der Waals surface area (Å²) in [4.78, 5) is 13.6. The molecule has 2 aromatic carbocycles. The zero-order valence-electron chi connectivity index (χ0n) is 21.9. The van der Waals surface area contributed by atoms with E-state index in [1.54, 1.807) is 30.5 Å². The van der Waals surface area contributed by atoms with Gasteiger partial charge in [0, 0.05) is 35.8 Å². The summed E-state index contributed by atoms with van der Waals surface area (Å²) >= 11 is 6.35. The van der Waals surface area contributed by atoms with Gasteiger partial charge in [0.15, 0.2) is 0 Å². The predicted molar refractivity (Wildman–Crippen MR) is 156 cm³/mol. The smallest absolute Gasteiger partial charge is 0.232 e. The molecule has 1 aliphatic heterocycles. The molecule has 3 N–H and O–H groups in total. The highest BCUT2D eigenvalue weighted by Gasteiger charge is 2.19. The number of nitrogens with zero attached hydrogens (tertiary/aromatic N) is 3. The lowest BCUT2D eigenvalue weighted by molar-refractivity contribution is 0.466. The van der Waals surface area contributed by atoms with E-state index in [0.717, 1.165) is 42.3 Å². The summed E-state index contributed by atoms with van der Waals surface area (Å²) in [6, 6.07) is 13.1. The zero-order chi connectivity index (χ0) is 27.4. The van der Waals surface area contributed by atoms with Crippen molar-refractivity contribution in [2.75, 3.05) is 28.9 Å². The zero-order valence-corrected chi connectivity index (χ0v) is 23.4. The number of nitrogens with one attached hydrogen (secondary N) is 3. The molecule has 204 valence electrons. The van der Waals surface area contributed by atoms with Crippen LogP contribution in [0.2, 0.25) is 5.02 Å². The van der Waals surface area contributed by atoms with Gasteiger partial charge in [0.05, 0.1) is 27.7 Å². The molecule has 39 heavy (non-hydrogen) atoms. The summed E-state index contributed by atoms with van der Waals surface area (Å²) in [5.41, 5.74) is 2.60. The number of sulfonamides is 1. The highest BCUT2D eigenvalue weighted by molar-refractivity contribution is 7.92. The lowest BCUT2D eigenvalue weighted by atomic mass is 10.0. The molecule has 0 amide bonds. The van der Waals surface area contributed by atoms with E-state index < -0.39 is 10.0 Å². The minimum atomic E-state index is -3.46. The number of hydrogen-bond donors (Lipinski definition) is 3. The molecule has 0 saturated carbocycles. The minimum absolute atomic E-state index is 0.0453. The summed E-state index contributed by atoms with van der Waals surface area (Å²) in [5.74, 6) is 1.47. The molecular weight excluding hydrogens is 536 g/mol. The second kappa shape index (κ2) is 11.7. The van der Waals surface area contributed by atoms with Crippen molar-refractivity contribution in [2.45, 2.75) is 39.2 Å². The molecule has 4 aromatic rings. The molecule has 0 unspecified atom stereocenters. The Labute approximate surface area is 233 Å². The Hall–Kier alpha value is -3.47. The molecular formula is C28H31ClN6O3S. The van der Waals surface area contributed by atoms with E-state index in [-0.39, 0.29) is 11.8 Å². The van der Waals surface area contributed by atoms with E-state index in [2.05, 4.69) is 25.3 Å². The fourth-order valence-corrected chi connectivity index (χ4v) is 5.99. The van der Waals surface area contributed by atoms with Crippen molar-refractivity contribution in [2.24, 2.45) is 0 Å². The first-order valence-corrected chi connectivity index (χ1v) is 15.0. The number of halogens is 1. The van der Waals surface area contributed by atoms with Crippen LogP contribution in [-0.4, -0.2) is 48.3 Å². The van der Waals surface area contributed by atoms with E-state index in [4.69, 9.17) is 21.3 Å². The molecule has 5 rings (SSSR count). The van der Waals surface area contributed by atoms with Crippen LogP contribution in [0.5, 0.6) is 11.6 Å². The molecule has 1 saturated heterocycles. The Morgan fingerprint density at radius 2 is 2.03 bits per heavy atom. The number of benzene rings is 2. The van der Waals surface area contributed by atoms with Crippen LogP contribution in [0.25, 0.3) is 22.0 Å². The standard InChI is InChI=1S/C28H31ClN6O3S/c1-3-14-39(36,37)35-25-8-4-7-22-21(25)10-9-18(2)26(22)38-27-23(15-19(29)16-32-27)24-11-13-31-28(34-24)33-20-6-5-12-30-17-20/h4,7-11,13,15-16,20,30,35H,3,5-6,12,14,17H2,1-2H3,(H,31,33,34)/t20-/m0/s1. The van der Waals surface area contributed by atoms with Gasteiger partial charge in [-0.15, -0.1) is 0 Å². The van der Waals surface area contributed by atoms with Gasteiger partial charge in [0.25, 0.3) is 0 Å². The van der Waals surface area contributed by atoms with Crippen LogP contribution in [0.4, 0.5) is 11.6 Å². The average molecular weight is 567 g/mol. The second-order valence-electron chi connectivity index (χ2n) is 9.59. The molecule has 2 aromatic heterocycles. The van der Waals surface area contributed by atoms with Gasteiger partial charge in [-0.3, -0.25) is 4.72 Å². The Bertz CT molecular complexity index is 1590. The van der Waals surface area contributed by atoms with E-state index in [1.165, 1.54) is 6.20 Å². The molecule has 0 aliphatic carbocycles. The van der Waals surface area contributed by atoms with Gasteiger partial charge in [0.1, 0.15) is 5.75 Å². The maximum atomic E-state index is 12.5. The molecule has 0 bridgehead atoms. The third-order valence-electron chi connectivity index (χ3n) is 6.53. The Balaban J connectivity index is 1.51. The third kappa shape index (κ3) is 6.41. The Kier molecular flexibility index (Phi) is 8.15. The molecule has 0 spiro atoms. The Morgan fingerprint density at radius 3 is 2.82 bits per heavy atom. The largest absolute Gasteiger partial charge is 0.437 e. The molecule has 1 fully saturated rings. The summed E-state index contributed by atoms with van der Waals surface area (Å²) in [6.07, 6.45) is 5.89. The van der Waals surface area contributed by atoms with Crippen molar-refractivity contribution in [1.82, 2.24) is 20.3 Å². The van der Waals surface area contributed by atoms with Crippen molar-refractivity contribution in [1.29, 1.82) is 0 Å². The summed E-state index contributed by atoms with van der Waals surface area (Å²) in [6.45, 7) is 5.65. The van der Waals surface area contributed by atoms with Gasteiger partial charge in [-0.1, -0.05) is 42.8 Å². The van der Waals surface area contributed by atoms with Crippen LogP contribution >= 0.6 is 11.6 Å². The fourth-order valence-electron chi connectivity index (χ4n) is 4.68. The van der Waals surface area contributed by atoms with Crippen LogP contribution in [0.3, 0.4) is 0 Å². The van der Waals surface area contributed by atoms with Crippen LogP contribution in [0.1, 0.15) is 31.7 Å². The van der Waals surface area contributed by atoms with Gasteiger partial charge < -0.3 is 15.4 Å². The first-order valence-electron chi connectivity index (χ1n) is 13.0. The topological polar surface area (TPSA) is 118 Å².